The fourth-order valence-electron chi connectivity index (χ4n) is 0.451. The number of allylic oxidation sites excluding steroid dienone is 1. The minimum atomic E-state index is -0.332. The van der Waals surface area contributed by atoms with Crippen LogP contribution in [0.3, 0.4) is 0 Å². The van der Waals surface area contributed by atoms with Gasteiger partial charge in [-0.25, -0.2) is 0 Å². The molecule has 0 rings (SSSR count). The summed E-state index contributed by atoms with van der Waals surface area (Å²) in [5, 5.41) is 17.2. The third kappa shape index (κ3) is 4.00. The molecule has 0 heterocycles. The Bertz CT molecular complexity index is 101. The highest BCUT2D eigenvalue weighted by molar-refractivity contribution is 4.90. The van der Waals surface area contributed by atoms with Gasteiger partial charge >= 0.3 is 0 Å². The van der Waals surface area contributed by atoms with Gasteiger partial charge < -0.3 is 15.9 Å². The first-order chi connectivity index (χ1) is 4.20. The summed E-state index contributed by atoms with van der Waals surface area (Å²) in [5.74, 6) is 0.233. The van der Waals surface area contributed by atoms with E-state index in [-0.39, 0.29) is 18.4 Å². The highest BCUT2D eigenvalue weighted by atomic mass is 16.3. The third-order valence-electron chi connectivity index (χ3n) is 1.04. The minimum Gasteiger partial charge on any atom is -0.513 e. The molecule has 3 heteroatoms. The summed E-state index contributed by atoms with van der Waals surface area (Å²) in [6, 6.07) is -0.332. The van der Waals surface area contributed by atoms with E-state index in [0.717, 1.165) is 0 Å². The Morgan fingerprint density at radius 1 is 1.78 bits per heavy atom. The quantitative estimate of drug-likeness (QED) is 0.478. The lowest BCUT2D eigenvalue weighted by molar-refractivity contribution is 0.251. The maximum Gasteiger partial charge on any atom is 0.0896 e. The number of nitrogens with two attached hydrogens (primary N) is 1. The van der Waals surface area contributed by atoms with E-state index in [1.807, 2.05) is 0 Å². The van der Waals surface area contributed by atoms with Gasteiger partial charge in [0.2, 0.25) is 0 Å². The number of hydrogen-bond acceptors (Lipinski definition) is 3. The molecule has 0 fully saturated rings. The molecule has 0 aromatic carbocycles. The van der Waals surface area contributed by atoms with Crippen LogP contribution in [0.2, 0.25) is 0 Å². The average molecular weight is 131 g/mol. The van der Waals surface area contributed by atoms with Crippen LogP contribution in [0.15, 0.2) is 11.8 Å². The fourth-order valence-corrected chi connectivity index (χ4v) is 0.451. The van der Waals surface area contributed by atoms with E-state index in [9.17, 15) is 0 Å². The molecule has 0 amide bonds. The number of aliphatic hydroxyl groups is 2. The van der Waals surface area contributed by atoms with Crippen molar-refractivity contribution in [2.24, 2.45) is 5.73 Å². The molecule has 0 bridgehead atoms. The van der Waals surface area contributed by atoms with Crippen LogP contribution in [-0.2, 0) is 0 Å². The Morgan fingerprint density at radius 3 is 2.67 bits per heavy atom. The molecule has 0 saturated heterocycles. The number of aliphatic hydroxyl groups excluding tert-OH is 2. The smallest absolute Gasteiger partial charge is 0.0896 e. The summed E-state index contributed by atoms with van der Waals surface area (Å²) in [4.78, 5) is 0. The Morgan fingerprint density at radius 2 is 2.33 bits per heavy atom. The predicted molar refractivity (Wildman–Crippen MR) is 36.1 cm³/mol. The van der Waals surface area contributed by atoms with Crippen molar-refractivity contribution in [3.63, 3.8) is 0 Å². The summed E-state index contributed by atoms with van der Waals surface area (Å²) in [5.41, 5.74) is 5.30. The SMILES string of the molecule is C/C=C(\O)C[C@@H](N)CO. The van der Waals surface area contributed by atoms with E-state index in [4.69, 9.17) is 15.9 Å². The molecular formula is C6H13NO2. The lowest BCUT2D eigenvalue weighted by Gasteiger charge is -2.05. The lowest BCUT2D eigenvalue weighted by Crippen LogP contribution is -2.24. The summed E-state index contributed by atoms with van der Waals surface area (Å²) >= 11 is 0. The van der Waals surface area contributed by atoms with Crippen LogP contribution in [0.5, 0.6) is 0 Å². The van der Waals surface area contributed by atoms with E-state index in [0.29, 0.717) is 6.42 Å². The second-order valence-electron chi connectivity index (χ2n) is 1.93. The molecule has 3 nitrogen and oxygen atoms in total. The number of rotatable bonds is 3. The average Bonchev–Trinajstić information content (AvgIpc) is 1.87. The molecule has 0 radical (unpaired) electrons. The maximum atomic E-state index is 8.83. The van der Waals surface area contributed by atoms with Crippen molar-refractivity contribution in [1.29, 1.82) is 0 Å². The van der Waals surface area contributed by atoms with Crippen molar-refractivity contribution >= 4 is 0 Å². The molecule has 4 N–H and O–H groups in total. The van der Waals surface area contributed by atoms with Crippen molar-refractivity contribution in [3.8, 4) is 0 Å². The van der Waals surface area contributed by atoms with Gasteiger partial charge in [-0.2, -0.15) is 0 Å². The molecule has 0 aliphatic rings. The minimum absolute atomic E-state index is 0.0854. The van der Waals surface area contributed by atoms with Crippen LogP contribution in [-0.4, -0.2) is 22.9 Å². The van der Waals surface area contributed by atoms with Gasteiger partial charge in [0.15, 0.2) is 0 Å². The van der Waals surface area contributed by atoms with Crippen molar-refractivity contribution in [2.75, 3.05) is 6.61 Å². The first kappa shape index (κ1) is 8.46. The highest BCUT2D eigenvalue weighted by Crippen LogP contribution is 1.97. The van der Waals surface area contributed by atoms with Crippen LogP contribution < -0.4 is 5.73 Å². The molecule has 1 atom stereocenters. The van der Waals surface area contributed by atoms with Crippen LogP contribution >= 0.6 is 0 Å². The fraction of sp³-hybridized carbons (Fsp3) is 0.667. The van der Waals surface area contributed by atoms with Gasteiger partial charge in [0.25, 0.3) is 0 Å². The molecule has 0 unspecified atom stereocenters. The van der Waals surface area contributed by atoms with Crippen molar-refractivity contribution in [3.05, 3.63) is 11.8 Å². The molecule has 0 aromatic rings. The van der Waals surface area contributed by atoms with Gasteiger partial charge in [-0.05, 0) is 13.0 Å². The van der Waals surface area contributed by atoms with E-state index in [1.54, 1.807) is 13.0 Å². The Kier molecular flexibility index (Phi) is 4.09. The van der Waals surface area contributed by atoms with Crippen LogP contribution in [0, 0.1) is 0 Å². The molecule has 0 saturated carbocycles. The van der Waals surface area contributed by atoms with Gasteiger partial charge in [-0.3, -0.25) is 0 Å². The molecule has 0 spiro atoms. The standard InChI is InChI=1S/C6H13NO2/c1-2-6(9)3-5(7)4-8/h2,5,8-9H,3-4,7H2,1H3/b6-2-/t5-/m1/s1. The zero-order valence-corrected chi connectivity index (χ0v) is 5.54. The summed E-state index contributed by atoms with van der Waals surface area (Å²) in [6.07, 6.45) is 1.92. The topological polar surface area (TPSA) is 66.5 Å². The van der Waals surface area contributed by atoms with E-state index in [1.165, 1.54) is 0 Å². The van der Waals surface area contributed by atoms with Crippen molar-refractivity contribution < 1.29 is 10.2 Å². The molecule has 0 aliphatic heterocycles. The van der Waals surface area contributed by atoms with Gasteiger partial charge in [0.1, 0.15) is 0 Å². The van der Waals surface area contributed by atoms with Gasteiger partial charge in [0.05, 0.1) is 12.4 Å². The molecule has 9 heavy (non-hydrogen) atoms. The first-order valence-electron chi connectivity index (χ1n) is 2.91. The normalized spacial score (nSPS) is 15.7. The van der Waals surface area contributed by atoms with Gasteiger partial charge in [-0.1, -0.05) is 0 Å². The van der Waals surface area contributed by atoms with Crippen molar-refractivity contribution in [1.82, 2.24) is 0 Å². The van der Waals surface area contributed by atoms with E-state index >= 15 is 0 Å². The zero-order valence-electron chi connectivity index (χ0n) is 5.54. The Labute approximate surface area is 54.8 Å². The van der Waals surface area contributed by atoms with Gasteiger partial charge in [0, 0.05) is 12.5 Å². The van der Waals surface area contributed by atoms with E-state index < -0.39 is 0 Å². The van der Waals surface area contributed by atoms with Crippen LogP contribution in [0.25, 0.3) is 0 Å². The molecule has 0 aromatic heterocycles. The molecular weight excluding hydrogens is 118 g/mol. The number of hydrogen-bond donors (Lipinski definition) is 3. The lowest BCUT2D eigenvalue weighted by atomic mass is 10.2. The predicted octanol–water partition coefficient (Wildman–Crippen LogP) is 0.158. The molecule has 54 valence electrons. The Hall–Kier alpha value is -0.540. The van der Waals surface area contributed by atoms with Crippen molar-refractivity contribution in [2.45, 2.75) is 19.4 Å². The maximum absolute atomic E-state index is 8.83. The third-order valence-corrected chi connectivity index (χ3v) is 1.04. The summed E-state index contributed by atoms with van der Waals surface area (Å²) in [6.45, 7) is 1.64. The second kappa shape index (κ2) is 4.35. The second-order valence-corrected chi connectivity index (χ2v) is 1.93. The van der Waals surface area contributed by atoms with Crippen LogP contribution in [0.1, 0.15) is 13.3 Å². The molecule has 0 aliphatic carbocycles. The monoisotopic (exact) mass is 131 g/mol. The Balaban J connectivity index is 3.47. The largest absolute Gasteiger partial charge is 0.513 e. The highest BCUT2D eigenvalue weighted by Gasteiger charge is 2.00. The van der Waals surface area contributed by atoms with E-state index in [2.05, 4.69) is 0 Å². The first-order valence-corrected chi connectivity index (χ1v) is 2.91. The van der Waals surface area contributed by atoms with Crippen LogP contribution in [0.4, 0.5) is 0 Å². The summed E-state index contributed by atoms with van der Waals surface area (Å²) in [7, 11) is 0. The zero-order chi connectivity index (χ0) is 7.28. The van der Waals surface area contributed by atoms with Gasteiger partial charge in [-0.15, -0.1) is 0 Å². The summed E-state index contributed by atoms with van der Waals surface area (Å²) < 4.78 is 0.